The minimum Gasteiger partial charge on any atom is -0.348 e. The van der Waals surface area contributed by atoms with Crippen LogP contribution in [0.3, 0.4) is 0 Å². The van der Waals surface area contributed by atoms with Gasteiger partial charge in [-0.2, -0.15) is 4.31 Å². The van der Waals surface area contributed by atoms with Gasteiger partial charge in [-0.25, -0.2) is 12.8 Å². The molecular weight excluding hydrogens is 341 g/mol. The molecule has 128 valence electrons. The van der Waals surface area contributed by atoms with Gasteiger partial charge < -0.3 is 4.57 Å². The quantitative estimate of drug-likeness (QED) is 0.724. The molecule has 1 unspecified atom stereocenters. The summed E-state index contributed by atoms with van der Waals surface area (Å²) in [4.78, 5) is 3.71. The lowest BCUT2D eigenvalue weighted by Crippen LogP contribution is -2.42. The van der Waals surface area contributed by atoms with Crippen molar-refractivity contribution in [3.8, 4) is 0 Å². The van der Waals surface area contributed by atoms with Gasteiger partial charge >= 0.3 is 0 Å². The van der Waals surface area contributed by atoms with Crippen LogP contribution in [0.4, 0.5) is 4.39 Å². The van der Waals surface area contributed by atoms with Gasteiger partial charge in [0.25, 0.3) is 0 Å². The van der Waals surface area contributed by atoms with Gasteiger partial charge in [-0.3, -0.25) is 4.98 Å². The van der Waals surface area contributed by atoms with E-state index in [2.05, 4.69) is 4.98 Å². The summed E-state index contributed by atoms with van der Waals surface area (Å²) in [6.07, 6.45) is 5.19. The topological polar surface area (TPSA) is 55.2 Å². The third-order valence-electron chi connectivity index (χ3n) is 4.44. The molecule has 2 aromatic heterocycles. The van der Waals surface area contributed by atoms with Crippen LogP contribution < -0.4 is 0 Å². The van der Waals surface area contributed by atoms with Crippen molar-refractivity contribution < 1.29 is 12.8 Å². The number of rotatable bonds is 3. The minimum absolute atomic E-state index is 0.269. The van der Waals surface area contributed by atoms with E-state index < -0.39 is 21.9 Å². The first kappa shape index (κ1) is 16.0. The van der Waals surface area contributed by atoms with Gasteiger partial charge in [0.2, 0.25) is 10.0 Å². The summed E-state index contributed by atoms with van der Waals surface area (Å²) in [5.41, 5.74) is 1.66. The summed E-state index contributed by atoms with van der Waals surface area (Å²) < 4.78 is 44.0. The molecule has 0 spiro atoms. The van der Waals surface area contributed by atoms with E-state index in [9.17, 15) is 12.8 Å². The maximum absolute atomic E-state index is 14.2. The van der Waals surface area contributed by atoms with E-state index >= 15 is 0 Å². The number of aromatic nitrogens is 2. The molecule has 25 heavy (non-hydrogen) atoms. The lowest BCUT2D eigenvalue weighted by molar-refractivity contribution is 0.297. The molecule has 3 heterocycles. The highest BCUT2D eigenvalue weighted by Gasteiger charge is 2.38. The average molecular weight is 357 g/mol. The lowest BCUT2D eigenvalue weighted by Gasteiger charge is -2.36. The van der Waals surface area contributed by atoms with Crippen molar-refractivity contribution in [2.45, 2.75) is 17.5 Å². The number of hydrogen-bond donors (Lipinski definition) is 0. The molecule has 5 nitrogen and oxygen atoms in total. The summed E-state index contributed by atoms with van der Waals surface area (Å²) in [6.45, 7) is 0.795. The molecule has 0 saturated heterocycles. The Balaban J connectivity index is 1.87. The maximum Gasteiger partial charge on any atom is 0.246 e. The molecule has 0 radical (unpaired) electrons. The van der Waals surface area contributed by atoms with Gasteiger partial charge in [0.05, 0.1) is 6.04 Å². The molecule has 0 amide bonds. The highest BCUT2D eigenvalue weighted by atomic mass is 32.2. The molecule has 1 aromatic carbocycles. The van der Waals surface area contributed by atoms with Crippen molar-refractivity contribution >= 4 is 10.0 Å². The molecular formula is C18H16FN3O2S. The van der Waals surface area contributed by atoms with Gasteiger partial charge in [-0.05, 0) is 42.0 Å². The van der Waals surface area contributed by atoms with Crippen LogP contribution in [-0.2, 0) is 16.6 Å². The van der Waals surface area contributed by atoms with Crippen molar-refractivity contribution in [2.24, 2.45) is 0 Å². The van der Waals surface area contributed by atoms with Gasteiger partial charge in [0.15, 0.2) is 0 Å². The molecule has 0 fully saturated rings. The van der Waals surface area contributed by atoms with E-state index in [-0.39, 0.29) is 11.4 Å². The Morgan fingerprint density at radius 1 is 1.00 bits per heavy atom. The fourth-order valence-electron chi connectivity index (χ4n) is 3.28. The van der Waals surface area contributed by atoms with Crippen molar-refractivity contribution in [1.29, 1.82) is 0 Å². The number of fused-ring (bicyclic) bond motifs is 1. The normalized spacial score (nSPS) is 18.0. The lowest BCUT2D eigenvalue weighted by atomic mass is 10.0. The number of halogens is 1. The molecule has 0 saturated carbocycles. The van der Waals surface area contributed by atoms with Crippen LogP contribution in [0.2, 0.25) is 0 Å². The first-order chi connectivity index (χ1) is 12.1. The standard InChI is InChI=1S/C18H16FN3O2S/c19-15-4-1-2-6-17(15)25(23,24)22-13-12-21-11-3-5-16(21)18(22)14-7-9-20-10-8-14/h1-11,18H,12-13H2. The Kier molecular flexibility index (Phi) is 3.89. The van der Waals surface area contributed by atoms with Crippen LogP contribution in [0.25, 0.3) is 0 Å². The Hall–Kier alpha value is -2.51. The predicted molar refractivity (Wildman–Crippen MR) is 90.8 cm³/mol. The Morgan fingerprint density at radius 2 is 1.76 bits per heavy atom. The van der Waals surface area contributed by atoms with Crippen LogP contribution in [0.5, 0.6) is 0 Å². The van der Waals surface area contributed by atoms with E-state index in [1.807, 2.05) is 22.9 Å². The smallest absolute Gasteiger partial charge is 0.246 e. The van der Waals surface area contributed by atoms with E-state index in [1.165, 1.54) is 28.6 Å². The number of sulfonamides is 1. The third-order valence-corrected chi connectivity index (χ3v) is 6.34. The number of benzene rings is 1. The monoisotopic (exact) mass is 357 g/mol. The maximum atomic E-state index is 14.2. The molecule has 0 aliphatic carbocycles. The summed E-state index contributed by atoms with van der Waals surface area (Å²) in [6, 6.07) is 12.3. The molecule has 1 aliphatic heterocycles. The zero-order chi connectivity index (χ0) is 17.4. The first-order valence-corrected chi connectivity index (χ1v) is 9.34. The largest absolute Gasteiger partial charge is 0.348 e. The highest BCUT2D eigenvalue weighted by molar-refractivity contribution is 7.89. The number of pyridine rings is 1. The summed E-state index contributed by atoms with van der Waals surface area (Å²) in [5.74, 6) is -0.739. The van der Waals surface area contributed by atoms with Crippen molar-refractivity contribution in [3.63, 3.8) is 0 Å². The first-order valence-electron chi connectivity index (χ1n) is 7.90. The van der Waals surface area contributed by atoms with Crippen molar-refractivity contribution in [2.75, 3.05) is 6.54 Å². The fourth-order valence-corrected chi connectivity index (χ4v) is 4.93. The van der Waals surface area contributed by atoms with Crippen molar-refractivity contribution in [1.82, 2.24) is 13.9 Å². The minimum atomic E-state index is -3.99. The Labute approximate surface area is 145 Å². The van der Waals surface area contributed by atoms with E-state index in [0.717, 1.165) is 11.3 Å². The second-order valence-corrected chi connectivity index (χ2v) is 7.71. The predicted octanol–water partition coefficient (Wildman–Crippen LogP) is 2.82. The fraction of sp³-hybridized carbons (Fsp3) is 0.167. The molecule has 7 heteroatoms. The van der Waals surface area contributed by atoms with E-state index in [0.29, 0.717) is 6.54 Å². The third kappa shape index (κ3) is 2.65. The van der Waals surface area contributed by atoms with Crippen LogP contribution in [0.15, 0.2) is 72.0 Å². The summed E-state index contributed by atoms with van der Waals surface area (Å²) >= 11 is 0. The van der Waals surface area contributed by atoms with Crippen molar-refractivity contribution in [3.05, 3.63) is 84.2 Å². The van der Waals surface area contributed by atoms with Crippen LogP contribution in [0, 0.1) is 5.82 Å². The van der Waals surface area contributed by atoms with Crippen LogP contribution in [-0.4, -0.2) is 28.8 Å². The van der Waals surface area contributed by atoms with E-state index in [1.54, 1.807) is 24.5 Å². The molecule has 3 aromatic rings. The average Bonchev–Trinajstić information content (AvgIpc) is 3.10. The zero-order valence-corrected chi connectivity index (χ0v) is 14.1. The van der Waals surface area contributed by atoms with E-state index in [4.69, 9.17) is 0 Å². The Bertz CT molecular complexity index is 1000. The second-order valence-electron chi connectivity index (χ2n) is 5.86. The SMILES string of the molecule is O=S(=O)(c1ccccc1F)N1CCn2cccc2C1c1ccncc1. The molecule has 1 aliphatic rings. The number of nitrogens with zero attached hydrogens (tertiary/aromatic N) is 3. The molecule has 1 atom stereocenters. The zero-order valence-electron chi connectivity index (χ0n) is 13.3. The van der Waals surface area contributed by atoms with Crippen LogP contribution in [0.1, 0.15) is 17.3 Å². The Morgan fingerprint density at radius 3 is 2.52 bits per heavy atom. The summed E-state index contributed by atoms with van der Waals surface area (Å²) in [7, 11) is -3.99. The van der Waals surface area contributed by atoms with Gasteiger partial charge in [0, 0.05) is 37.4 Å². The van der Waals surface area contributed by atoms with Gasteiger partial charge in [0.1, 0.15) is 10.7 Å². The van der Waals surface area contributed by atoms with Crippen LogP contribution >= 0.6 is 0 Å². The second kappa shape index (κ2) is 6.09. The number of hydrogen-bond acceptors (Lipinski definition) is 3. The molecule has 0 N–H and O–H groups in total. The molecule has 4 rings (SSSR count). The van der Waals surface area contributed by atoms with Gasteiger partial charge in [-0.1, -0.05) is 12.1 Å². The summed E-state index contributed by atoms with van der Waals surface area (Å²) in [5, 5.41) is 0. The molecule has 0 bridgehead atoms. The highest BCUT2D eigenvalue weighted by Crippen LogP contribution is 2.36. The van der Waals surface area contributed by atoms with Gasteiger partial charge in [-0.15, -0.1) is 0 Å².